The summed E-state index contributed by atoms with van der Waals surface area (Å²) in [6.07, 6.45) is 1.42. The number of halogens is 2. The highest BCUT2D eigenvalue weighted by Gasteiger charge is 2.20. The first-order valence-electron chi connectivity index (χ1n) is 12.4. The molecule has 0 saturated heterocycles. The maximum Gasteiger partial charge on any atom is 0.343 e. The first kappa shape index (κ1) is 27.2. The number of H-pyrrole nitrogens is 1. The minimum Gasteiger partial charge on any atom is -0.494 e. The van der Waals surface area contributed by atoms with Crippen LogP contribution in [0.1, 0.15) is 33.3 Å². The molecule has 1 heterocycles. The molecule has 200 valence electrons. The lowest BCUT2D eigenvalue weighted by Gasteiger charge is -2.08. The topological polar surface area (TPSA) is 92.8 Å². The Hall–Kier alpha value is -4.40. The van der Waals surface area contributed by atoms with Crippen LogP contribution in [0.4, 0.5) is 0 Å². The first-order chi connectivity index (χ1) is 19.4. The van der Waals surface area contributed by atoms with Gasteiger partial charge in [-0.25, -0.2) is 10.2 Å². The van der Waals surface area contributed by atoms with Crippen LogP contribution in [0.5, 0.6) is 11.5 Å². The van der Waals surface area contributed by atoms with Gasteiger partial charge in [0.1, 0.15) is 17.2 Å². The van der Waals surface area contributed by atoms with E-state index in [2.05, 4.69) is 31.4 Å². The molecule has 0 aliphatic carbocycles. The molecule has 1 amide bonds. The number of fused-ring (bicyclic) bond motifs is 1. The fourth-order valence-electron chi connectivity index (χ4n) is 4.18. The molecular weight excluding hydrogens is 594 g/mol. The van der Waals surface area contributed by atoms with E-state index in [1.165, 1.54) is 6.21 Å². The van der Waals surface area contributed by atoms with Crippen molar-refractivity contribution in [2.45, 2.75) is 6.92 Å². The highest BCUT2D eigenvalue weighted by atomic mass is 79.9. The number of hydrogen-bond donors (Lipinski definition) is 2. The Morgan fingerprint density at radius 3 is 2.52 bits per heavy atom. The van der Waals surface area contributed by atoms with Crippen LogP contribution in [-0.4, -0.2) is 29.7 Å². The molecule has 0 atom stereocenters. The second-order valence-corrected chi connectivity index (χ2v) is 10.0. The monoisotopic (exact) mass is 615 g/mol. The number of benzene rings is 4. The van der Waals surface area contributed by atoms with Gasteiger partial charge in [0.2, 0.25) is 0 Å². The Kier molecular flexibility index (Phi) is 8.28. The number of nitrogens with zero attached hydrogens (tertiary/aromatic N) is 1. The smallest absolute Gasteiger partial charge is 0.343 e. The Morgan fingerprint density at radius 2 is 1.77 bits per heavy atom. The van der Waals surface area contributed by atoms with Crippen LogP contribution in [-0.2, 0) is 0 Å². The zero-order chi connectivity index (χ0) is 28.1. The molecular formula is C31H23BrClN3O4. The number of amides is 1. The minimum absolute atomic E-state index is 0.278. The third-order valence-corrected chi connectivity index (χ3v) is 6.74. The molecule has 1 aromatic heterocycles. The quantitative estimate of drug-likeness (QED) is 0.0811. The summed E-state index contributed by atoms with van der Waals surface area (Å²) >= 11 is 9.34. The predicted molar refractivity (Wildman–Crippen MR) is 161 cm³/mol. The Morgan fingerprint density at radius 1 is 1.00 bits per heavy atom. The fourth-order valence-corrected chi connectivity index (χ4v) is 4.68. The Bertz CT molecular complexity index is 1720. The molecule has 0 fully saturated rings. The van der Waals surface area contributed by atoms with Crippen LogP contribution < -0.4 is 14.9 Å². The van der Waals surface area contributed by atoms with E-state index in [4.69, 9.17) is 21.1 Å². The van der Waals surface area contributed by atoms with Crippen molar-refractivity contribution in [2.24, 2.45) is 5.10 Å². The SMILES string of the molecule is CCOc1ccc2[nH]c(C(=O)NN=Cc3cc(Br)ccc3OC(=O)c3ccc(Cl)cc3)c(-c3ccccc3)c2c1. The van der Waals surface area contributed by atoms with Crippen molar-refractivity contribution in [1.82, 2.24) is 10.4 Å². The van der Waals surface area contributed by atoms with Crippen molar-refractivity contribution in [3.05, 3.63) is 117 Å². The van der Waals surface area contributed by atoms with Gasteiger partial charge in [-0.15, -0.1) is 0 Å². The average molecular weight is 617 g/mol. The van der Waals surface area contributed by atoms with Crippen molar-refractivity contribution in [3.8, 4) is 22.6 Å². The van der Waals surface area contributed by atoms with Gasteiger partial charge in [0.05, 0.1) is 18.4 Å². The second-order valence-electron chi connectivity index (χ2n) is 8.66. The number of rotatable bonds is 8. The number of nitrogens with one attached hydrogen (secondary N) is 2. The number of aromatic nitrogens is 1. The van der Waals surface area contributed by atoms with Crippen LogP contribution in [0.2, 0.25) is 5.02 Å². The van der Waals surface area contributed by atoms with Crippen molar-refractivity contribution in [1.29, 1.82) is 0 Å². The predicted octanol–water partition coefficient (Wildman–Crippen LogP) is 7.63. The van der Waals surface area contributed by atoms with E-state index < -0.39 is 11.9 Å². The molecule has 0 unspecified atom stereocenters. The molecule has 0 radical (unpaired) electrons. The number of carbonyl (C=O) groups excluding carboxylic acids is 2. The van der Waals surface area contributed by atoms with Gasteiger partial charge >= 0.3 is 5.97 Å². The largest absolute Gasteiger partial charge is 0.494 e. The minimum atomic E-state index is -0.547. The summed E-state index contributed by atoms with van der Waals surface area (Å²) in [5.41, 5.74) is 6.19. The average Bonchev–Trinajstić information content (AvgIpc) is 3.34. The van der Waals surface area contributed by atoms with Crippen LogP contribution >= 0.6 is 27.5 Å². The number of hydrogen-bond acceptors (Lipinski definition) is 5. The fraction of sp³-hybridized carbons (Fsp3) is 0.0645. The van der Waals surface area contributed by atoms with Crippen LogP contribution in [0.3, 0.4) is 0 Å². The van der Waals surface area contributed by atoms with Crippen LogP contribution in [0.15, 0.2) is 101 Å². The molecule has 4 aromatic carbocycles. The summed E-state index contributed by atoms with van der Waals surface area (Å²) in [4.78, 5) is 29.2. The summed E-state index contributed by atoms with van der Waals surface area (Å²) in [7, 11) is 0. The Balaban J connectivity index is 1.41. The summed E-state index contributed by atoms with van der Waals surface area (Å²) in [6, 6.07) is 26.8. The molecule has 40 heavy (non-hydrogen) atoms. The highest BCUT2D eigenvalue weighted by Crippen LogP contribution is 2.34. The molecule has 9 heteroatoms. The van der Waals surface area contributed by atoms with Gasteiger partial charge in [-0.2, -0.15) is 5.10 Å². The van der Waals surface area contributed by atoms with E-state index >= 15 is 0 Å². The van der Waals surface area contributed by atoms with Gasteiger partial charge in [0.15, 0.2) is 0 Å². The van der Waals surface area contributed by atoms with E-state index in [1.807, 2.05) is 55.5 Å². The van der Waals surface area contributed by atoms with Crippen LogP contribution in [0, 0.1) is 0 Å². The number of carbonyl (C=O) groups is 2. The molecule has 0 spiro atoms. The number of aromatic amines is 1. The normalized spacial score (nSPS) is 11.1. The van der Waals surface area contributed by atoms with Gasteiger partial charge in [-0.05, 0) is 73.2 Å². The molecule has 0 aliphatic heterocycles. The molecule has 0 aliphatic rings. The maximum atomic E-state index is 13.4. The van der Waals surface area contributed by atoms with E-state index in [0.717, 1.165) is 26.5 Å². The second kappa shape index (κ2) is 12.2. The molecule has 0 bridgehead atoms. The summed E-state index contributed by atoms with van der Waals surface area (Å²) in [5, 5.41) is 5.54. The lowest BCUT2D eigenvalue weighted by molar-refractivity contribution is 0.0734. The van der Waals surface area contributed by atoms with Gasteiger partial charge in [0, 0.05) is 31.5 Å². The molecule has 5 aromatic rings. The third kappa shape index (κ3) is 6.09. The lowest BCUT2D eigenvalue weighted by atomic mass is 10.0. The molecule has 2 N–H and O–H groups in total. The molecule has 5 rings (SSSR count). The van der Waals surface area contributed by atoms with Crippen molar-refractivity contribution < 1.29 is 19.1 Å². The van der Waals surface area contributed by atoms with E-state index in [1.54, 1.807) is 42.5 Å². The zero-order valence-corrected chi connectivity index (χ0v) is 23.6. The van der Waals surface area contributed by atoms with E-state index in [-0.39, 0.29) is 5.75 Å². The number of ether oxygens (including phenoxy) is 2. The molecule has 0 saturated carbocycles. The number of hydrazone groups is 1. The van der Waals surface area contributed by atoms with E-state index in [9.17, 15) is 9.59 Å². The summed E-state index contributed by atoms with van der Waals surface area (Å²) in [5.74, 6) is 0.0142. The van der Waals surface area contributed by atoms with Crippen molar-refractivity contribution >= 4 is 56.5 Å². The summed E-state index contributed by atoms with van der Waals surface area (Å²) < 4.78 is 12.0. The van der Waals surface area contributed by atoms with Gasteiger partial charge in [0.25, 0.3) is 5.91 Å². The Labute approximate surface area is 243 Å². The highest BCUT2D eigenvalue weighted by molar-refractivity contribution is 9.10. The summed E-state index contributed by atoms with van der Waals surface area (Å²) in [6.45, 7) is 2.46. The molecule has 7 nitrogen and oxygen atoms in total. The van der Waals surface area contributed by atoms with Gasteiger partial charge < -0.3 is 14.5 Å². The van der Waals surface area contributed by atoms with Gasteiger partial charge in [-0.3, -0.25) is 4.79 Å². The van der Waals surface area contributed by atoms with Crippen molar-refractivity contribution in [2.75, 3.05) is 6.61 Å². The van der Waals surface area contributed by atoms with E-state index in [0.29, 0.717) is 34.2 Å². The number of esters is 1. The van der Waals surface area contributed by atoms with Crippen LogP contribution in [0.25, 0.3) is 22.0 Å². The van der Waals surface area contributed by atoms with Gasteiger partial charge in [-0.1, -0.05) is 57.9 Å². The lowest BCUT2D eigenvalue weighted by Crippen LogP contribution is -2.19. The maximum absolute atomic E-state index is 13.4. The zero-order valence-electron chi connectivity index (χ0n) is 21.3. The van der Waals surface area contributed by atoms with Crippen molar-refractivity contribution in [3.63, 3.8) is 0 Å². The third-order valence-electron chi connectivity index (χ3n) is 5.99. The standard InChI is InChI=1S/C31H23BrClN3O4/c1-2-39-24-13-14-26-25(17-24)28(19-6-4-3-5-7-19)29(35-26)30(37)36-34-18-21-16-22(32)10-15-27(21)40-31(38)20-8-11-23(33)12-9-20/h3-18,35H,2H2,1H3,(H,36,37). The first-order valence-corrected chi connectivity index (χ1v) is 13.5.